The van der Waals surface area contributed by atoms with E-state index in [1.54, 1.807) is 24.3 Å². The molecule has 1 heterocycles. The Hall–Kier alpha value is -4.45. The predicted octanol–water partition coefficient (Wildman–Crippen LogP) is 8.25. The number of hydrogen-bond acceptors (Lipinski definition) is 5. The summed E-state index contributed by atoms with van der Waals surface area (Å²) < 4.78 is 13.6. The molecule has 4 aromatic carbocycles. The van der Waals surface area contributed by atoms with Gasteiger partial charge >= 0.3 is 5.97 Å². The fourth-order valence-electron chi connectivity index (χ4n) is 4.28. The molecule has 186 valence electrons. The Bertz CT molecular complexity index is 1470. The first-order valence-electron chi connectivity index (χ1n) is 12.6. The summed E-state index contributed by atoms with van der Waals surface area (Å²) in [6, 6.07) is 31.4. The van der Waals surface area contributed by atoms with Crippen LogP contribution < -0.4 is 4.74 Å². The van der Waals surface area contributed by atoms with Crippen LogP contribution in [0.4, 0.5) is 11.4 Å². The molecule has 0 fully saturated rings. The molecule has 0 N–H and O–H groups in total. The van der Waals surface area contributed by atoms with Crippen LogP contribution in [0.2, 0.25) is 0 Å². The summed E-state index contributed by atoms with van der Waals surface area (Å²) in [5.41, 5.74) is 4.32. The fraction of sp³-hybridized carbons (Fsp3) is 0.194. The second-order valence-electron chi connectivity index (χ2n) is 8.76. The van der Waals surface area contributed by atoms with Crippen molar-refractivity contribution < 1.29 is 14.3 Å². The molecule has 0 unspecified atom stereocenters. The van der Waals surface area contributed by atoms with E-state index in [1.807, 2.05) is 24.3 Å². The Morgan fingerprint density at radius 3 is 1.89 bits per heavy atom. The van der Waals surface area contributed by atoms with E-state index in [9.17, 15) is 4.79 Å². The normalized spacial score (nSPS) is 11.4. The zero-order valence-corrected chi connectivity index (χ0v) is 20.8. The molecule has 5 aromatic rings. The van der Waals surface area contributed by atoms with Crippen LogP contribution in [0.15, 0.2) is 107 Å². The molecular weight excluding hydrogens is 462 g/mol. The van der Waals surface area contributed by atoms with Gasteiger partial charge in [-0.2, -0.15) is 10.2 Å². The number of hydrogen-bond donors (Lipinski definition) is 0. The van der Waals surface area contributed by atoms with Crippen molar-refractivity contribution in [3.05, 3.63) is 103 Å². The number of carbonyl (C=O) groups excluding carboxylic acids is 1. The van der Waals surface area contributed by atoms with Gasteiger partial charge in [0.15, 0.2) is 0 Å². The monoisotopic (exact) mass is 491 g/mol. The lowest BCUT2D eigenvalue weighted by Crippen LogP contribution is -2.07. The molecule has 0 bridgehead atoms. The molecular formula is C31H29N3O3. The van der Waals surface area contributed by atoms with Gasteiger partial charge in [-0.3, -0.25) is 0 Å². The highest BCUT2D eigenvalue weighted by Gasteiger charge is 2.09. The van der Waals surface area contributed by atoms with Crippen LogP contribution >= 0.6 is 0 Å². The van der Waals surface area contributed by atoms with Gasteiger partial charge in [0.25, 0.3) is 0 Å². The zero-order chi connectivity index (χ0) is 25.5. The summed E-state index contributed by atoms with van der Waals surface area (Å²) >= 11 is 0. The minimum Gasteiger partial charge on any atom is -0.492 e. The minimum absolute atomic E-state index is 0.314. The minimum atomic E-state index is -0.314. The van der Waals surface area contributed by atoms with Crippen LogP contribution in [0.3, 0.4) is 0 Å². The summed E-state index contributed by atoms with van der Waals surface area (Å²) in [6.07, 6.45) is 1.85. The third kappa shape index (κ3) is 5.70. The van der Waals surface area contributed by atoms with E-state index in [0.29, 0.717) is 24.5 Å². The molecule has 6 heteroatoms. The first kappa shape index (κ1) is 24.3. The van der Waals surface area contributed by atoms with Crippen molar-refractivity contribution in [3.8, 4) is 5.75 Å². The number of rotatable bonds is 10. The van der Waals surface area contributed by atoms with Gasteiger partial charge in [0, 0.05) is 21.8 Å². The predicted molar refractivity (Wildman–Crippen MR) is 147 cm³/mol. The van der Waals surface area contributed by atoms with E-state index in [0.717, 1.165) is 30.8 Å². The van der Waals surface area contributed by atoms with E-state index >= 15 is 0 Å². The highest BCUT2D eigenvalue weighted by Crippen LogP contribution is 2.29. The maximum Gasteiger partial charge on any atom is 0.338 e. The van der Waals surface area contributed by atoms with Crippen LogP contribution in [0.5, 0.6) is 5.75 Å². The number of fused-ring (bicyclic) bond motifs is 3. The van der Waals surface area contributed by atoms with Crippen LogP contribution in [0, 0.1) is 0 Å². The van der Waals surface area contributed by atoms with Crippen molar-refractivity contribution in [2.75, 3.05) is 13.2 Å². The molecule has 37 heavy (non-hydrogen) atoms. The van der Waals surface area contributed by atoms with Crippen LogP contribution in [0.1, 0.15) is 30.1 Å². The molecule has 0 aliphatic rings. The molecule has 0 atom stereocenters. The second-order valence-corrected chi connectivity index (χ2v) is 8.76. The summed E-state index contributed by atoms with van der Waals surface area (Å²) in [5.74, 6) is 0.469. The molecule has 0 saturated carbocycles. The molecule has 0 saturated heterocycles. The fourth-order valence-corrected chi connectivity index (χ4v) is 4.28. The van der Waals surface area contributed by atoms with Crippen LogP contribution in [-0.4, -0.2) is 23.8 Å². The standard InChI is InChI=1S/C31H29N3O3/c1-2-3-21-37-31(35)23-12-14-24(15-13-23)32-33-25-16-18-26(19-17-25)36-22-20-34-29-10-6-4-8-27(29)28-9-5-7-11-30(28)34/h4-19H,2-3,20-22H2,1H3. The molecule has 0 radical (unpaired) electrons. The number of aromatic nitrogens is 1. The Labute approximate surface area is 216 Å². The van der Waals surface area contributed by atoms with Gasteiger partial charge in [-0.15, -0.1) is 0 Å². The van der Waals surface area contributed by atoms with Crippen molar-refractivity contribution in [2.24, 2.45) is 10.2 Å². The highest BCUT2D eigenvalue weighted by atomic mass is 16.5. The van der Waals surface area contributed by atoms with Crippen molar-refractivity contribution >= 4 is 39.1 Å². The van der Waals surface area contributed by atoms with Gasteiger partial charge in [0.1, 0.15) is 12.4 Å². The lowest BCUT2D eigenvalue weighted by Gasteiger charge is -2.10. The van der Waals surface area contributed by atoms with E-state index in [4.69, 9.17) is 9.47 Å². The average molecular weight is 492 g/mol. The summed E-state index contributed by atoms with van der Waals surface area (Å²) in [4.78, 5) is 12.0. The lowest BCUT2D eigenvalue weighted by atomic mass is 10.2. The Kier molecular flexibility index (Phi) is 7.55. The molecule has 0 amide bonds. The Morgan fingerprint density at radius 2 is 1.30 bits per heavy atom. The van der Waals surface area contributed by atoms with Gasteiger partial charge in [-0.1, -0.05) is 49.7 Å². The Balaban J connectivity index is 1.17. The van der Waals surface area contributed by atoms with Gasteiger partial charge in [0.2, 0.25) is 0 Å². The summed E-state index contributed by atoms with van der Waals surface area (Å²) in [5, 5.41) is 11.1. The molecule has 6 nitrogen and oxygen atoms in total. The van der Waals surface area contributed by atoms with Gasteiger partial charge in [0.05, 0.1) is 30.1 Å². The maximum atomic E-state index is 12.0. The van der Waals surface area contributed by atoms with Crippen molar-refractivity contribution in [3.63, 3.8) is 0 Å². The SMILES string of the molecule is CCCCOC(=O)c1ccc(N=Nc2ccc(OCCn3c4ccccc4c4ccccc43)cc2)cc1. The number of esters is 1. The topological polar surface area (TPSA) is 65.2 Å². The van der Waals surface area contributed by atoms with Gasteiger partial charge in [-0.25, -0.2) is 4.79 Å². The Morgan fingerprint density at radius 1 is 0.730 bits per heavy atom. The first-order chi connectivity index (χ1) is 18.2. The molecule has 1 aromatic heterocycles. The van der Waals surface area contributed by atoms with Crippen LogP contribution in [0.25, 0.3) is 21.8 Å². The van der Waals surface area contributed by atoms with Crippen molar-refractivity contribution in [2.45, 2.75) is 26.3 Å². The summed E-state index contributed by atoms with van der Waals surface area (Å²) in [6.45, 7) is 3.80. The first-order valence-corrected chi connectivity index (χ1v) is 12.6. The number of ether oxygens (including phenoxy) is 2. The maximum absolute atomic E-state index is 12.0. The van der Waals surface area contributed by atoms with Gasteiger partial charge < -0.3 is 14.0 Å². The number of benzene rings is 4. The smallest absolute Gasteiger partial charge is 0.338 e. The molecule has 5 rings (SSSR count). The van der Waals surface area contributed by atoms with E-state index in [2.05, 4.69) is 70.3 Å². The van der Waals surface area contributed by atoms with Crippen LogP contribution in [-0.2, 0) is 11.3 Å². The van der Waals surface area contributed by atoms with Crippen molar-refractivity contribution in [1.82, 2.24) is 4.57 Å². The third-order valence-corrected chi connectivity index (χ3v) is 6.22. The quantitative estimate of drug-likeness (QED) is 0.112. The lowest BCUT2D eigenvalue weighted by molar-refractivity contribution is 0.0500. The molecule has 0 spiro atoms. The van der Waals surface area contributed by atoms with Gasteiger partial charge in [-0.05, 0) is 67.1 Å². The zero-order valence-electron chi connectivity index (χ0n) is 20.8. The van der Waals surface area contributed by atoms with E-state index < -0.39 is 0 Å². The number of unbranched alkanes of at least 4 members (excludes halogenated alkanes) is 1. The third-order valence-electron chi connectivity index (χ3n) is 6.22. The van der Waals surface area contributed by atoms with E-state index in [1.165, 1.54) is 21.8 Å². The number of para-hydroxylation sites is 2. The molecule has 0 aliphatic carbocycles. The molecule has 0 aliphatic heterocycles. The highest BCUT2D eigenvalue weighted by molar-refractivity contribution is 6.07. The summed E-state index contributed by atoms with van der Waals surface area (Å²) in [7, 11) is 0. The second kappa shape index (κ2) is 11.5. The number of azo groups is 1. The van der Waals surface area contributed by atoms with E-state index in [-0.39, 0.29) is 5.97 Å². The largest absolute Gasteiger partial charge is 0.492 e. The number of nitrogens with zero attached hydrogens (tertiary/aromatic N) is 3. The van der Waals surface area contributed by atoms with Crippen molar-refractivity contribution in [1.29, 1.82) is 0 Å². The number of carbonyl (C=O) groups is 1. The average Bonchev–Trinajstić information content (AvgIpc) is 3.27.